The fourth-order valence-electron chi connectivity index (χ4n) is 1.73. The van der Waals surface area contributed by atoms with Crippen LogP contribution < -0.4 is 5.32 Å². The van der Waals surface area contributed by atoms with Crippen LogP contribution in [0.25, 0.3) is 0 Å². The summed E-state index contributed by atoms with van der Waals surface area (Å²) >= 11 is 0. The van der Waals surface area contributed by atoms with Gasteiger partial charge in [0.05, 0.1) is 5.69 Å². The van der Waals surface area contributed by atoms with E-state index in [-0.39, 0.29) is 5.82 Å². The minimum absolute atomic E-state index is 0.169. The summed E-state index contributed by atoms with van der Waals surface area (Å²) in [6.45, 7) is 5.34. The first-order valence-electron chi connectivity index (χ1n) is 6.15. The summed E-state index contributed by atoms with van der Waals surface area (Å²) in [5.41, 5.74) is 1.65. The van der Waals surface area contributed by atoms with Crippen molar-refractivity contribution in [1.29, 1.82) is 0 Å². The minimum Gasteiger partial charge on any atom is -0.307 e. The Morgan fingerprint density at radius 3 is 2.67 bits per heavy atom. The molecule has 1 aromatic carbocycles. The Balaban J connectivity index is 1.87. The van der Waals surface area contributed by atoms with Crippen LogP contribution in [0.2, 0.25) is 0 Å². The lowest BCUT2D eigenvalue weighted by molar-refractivity contribution is 0.520. The van der Waals surface area contributed by atoms with Gasteiger partial charge in [0, 0.05) is 30.9 Å². The summed E-state index contributed by atoms with van der Waals surface area (Å²) in [6, 6.07) is 9.15. The summed E-state index contributed by atoms with van der Waals surface area (Å²) < 4.78 is 15.3. The molecule has 0 unspecified atom stereocenters. The van der Waals surface area contributed by atoms with Crippen LogP contribution in [-0.2, 0) is 13.1 Å². The van der Waals surface area contributed by atoms with E-state index in [0.29, 0.717) is 24.7 Å². The quantitative estimate of drug-likeness (QED) is 0.880. The van der Waals surface area contributed by atoms with Crippen LogP contribution in [-0.4, -0.2) is 9.78 Å². The monoisotopic (exact) mass is 247 g/mol. The molecule has 0 radical (unpaired) electrons. The highest BCUT2D eigenvalue weighted by Gasteiger charge is 2.03. The molecule has 0 aliphatic rings. The zero-order valence-electron chi connectivity index (χ0n) is 10.7. The summed E-state index contributed by atoms with van der Waals surface area (Å²) in [6.07, 6.45) is 1.96. The first-order valence-corrected chi connectivity index (χ1v) is 6.15. The molecule has 3 nitrogen and oxygen atoms in total. The van der Waals surface area contributed by atoms with Crippen molar-refractivity contribution in [3.8, 4) is 0 Å². The van der Waals surface area contributed by atoms with Crippen molar-refractivity contribution in [3.05, 3.63) is 53.6 Å². The van der Waals surface area contributed by atoms with E-state index in [2.05, 4.69) is 24.3 Å². The van der Waals surface area contributed by atoms with Gasteiger partial charge in [0.2, 0.25) is 0 Å². The largest absolute Gasteiger partial charge is 0.307 e. The molecule has 18 heavy (non-hydrogen) atoms. The average Bonchev–Trinajstić information content (AvgIpc) is 2.80. The third kappa shape index (κ3) is 3.17. The van der Waals surface area contributed by atoms with Crippen LogP contribution in [0.5, 0.6) is 0 Å². The zero-order valence-corrected chi connectivity index (χ0v) is 10.7. The molecule has 96 valence electrons. The normalized spacial score (nSPS) is 11.1. The summed E-state index contributed by atoms with van der Waals surface area (Å²) in [7, 11) is 0. The highest BCUT2D eigenvalue weighted by molar-refractivity contribution is 5.17. The first-order chi connectivity index (χ1) is 8.66. The number of hydrogen-bond donors (Lipinski definition) is 1. The van der Waals surface area contributed by atoms with Crippen LogP contribution in [0, 0.1) is 5.82 Å². The van der Waals surface area contributed by atoms with Crippen LogP contribution in [0.4, 0.5) is 4.39 Å². The van der Waals surface area contributed by atoms with Gasteiger partial charge in [0.25, 0.3) is 0 Å². The van der Waals surface area contributed by atoms with Gasteiger partial charge in [0.15, 0.2) is 0 Å². The van der Waals surface area contributed by atoms with Crippen molar-refractivity contribution < 1.29 is 4.39 Å². The van der Waals surface area contributed by atoms with Crippen molar-refractivity contribution >= 4 is 0 Å². The number of aromatic nitrogens is 2. The Morgan fingerprint density at radius 1 is 1.22 bits per heavy atom. The lowest BCUT2D eigenvalue weighted by atomic mass is 10.2. The van der Waals surface area contributed by atoms with Gasteiger partial charge in [0.1, 0.15) is 5.82 Å². The Bertz CT molecular complexity index is 505. The maximum Gasteiger partial charge on any atom is 0.127 e. The molecule has 0 atom stereocenters. The van der Waals surface area contributed by atoms with Gasteiger partial charge in [-0.15, -0.1) is 0 Å². The Kier molecular flexibility index (Phi) is 4.10. The van der Waals surface area contributed by atoms with Gasteiger partial charge in [-0.25, -0.2) is 4.39 Å². The van der Waals surface area contributed by atoms with Crippen LogP contribution in [0.15, 0.2) is 36.5 Å². The number of halogens is 1. The molecule has 0 saturated carbocycles. The van der Waals surface area contributed by atoms with Crippen molar-refractivity contribution in [2.24, 2.45) is 0 Å². The highest BCUT2D eigenvalue weighted by Crippen LogP contribution is 2.07. The summed E-state index contributed by atoms with van der Waals surface area (Å²) in [5.74, 6) is -0.169. The topological polar surface area (TPSA) is 29.9 Å². The Hall–Kier alpha value is -1.68. The number of benzene rings is 1. The minimum atomic E-state index is -0.169. The molecule has 2 rings (SSSR count). The van der Waals surface area contributed by atoms with Gasteiger partial charge in [-0.2, -0.15) is 5.10 Å². The van der Waals surface area contributed by atoms with Crippen LogP contribution in [0.3, 0.4) is 0 Å². The van der Waals surface area contributed by atoms with E-state index < -0.39 is 0 Å². The second kappa shape index (κ2) is 5.78. The molecule has 4 heteroatoms. The van der Waals surface area contributed by atoms with E-state index in [1.807, 2.05) is 23.0 Å². The van der Waals surface area contributed by atoms with Crippen LogP contribution in [0.1, 0.15) is 31.1 Å². The SMILES string of the molecule is CC(C)n1ccc(CNCc2ccccc2F)n1. The maximum atomic E-state index is 13.4. The standard InChI is InChI=1S/C14H18FN3/c1-11(2)18-8-7-13(17-18)10-16-9-12-5-3-4-6-14(12)15/h3-8,11,16H,9-10H2,1-2H3. The fraction of sp³-hybridized carbons (Fsp3) is 0.357. The van der Waals surface area contributed by atoms with Gasteiger partial charge < -0.3 is 5.32 Å². The molecule has 0 fully saturated rings. The second-order valence-electron chi connectivity index (χ2n) is 4.58. The Labute approximate surface area is 107 Å². The number of nitrogens with one attached hydrogen (secondary N) is 1. The van der Waals surface area contributed by atoms with E-state index in [1.165, 1.54) is 6.07 Å². The third-order valence-corrected chi connectivity index (χ3v) is 2.77. The van der Waals surface area contributed by atoms with Gasteiger partial charge >= 0.3 is 0 Å². The van der Waals surface area contributed by atoms with Gasteiger partial charge in [-0.05, 0) is 26.0 Å². The van der Waals surface area contributed by atoms with E-state index in [4.69, 9.17) is 0 Å². The van der Waals surface area contributed by atoms with Crippen molar-refractivity contribution in [2.45, 2.75) is 33.0 Å². The fourth-order valence-corrected chi connectivity index (χ4v) is 1.73. The zero-order chi connectivity index (χ0) is 13.0. The molecule has 1 N–H and O–H groups in total. The molecule has 2 aromatic rings. The highest BCUT2D eigenvalue weighted by atomic mass is 19.1. The summed E-state index contributed by atoms with van der Waals surface area (Å²) in [4.78, 5) is 0. The predicted octanol–water partition coefficient (Wildman–Crippen LogP) is 2.89. The third-order valence-electron chi connectivity index (χ3n) is 2.77. The van der Waals surface area contributed by atoms with Crippen molar-refractivity contribution in [3.63, 3.8) is 0 Å². The molecule has 1 heterocycles. The van der Waals surface area contributed by atoms with E-state index in [9.17, 15) is 4.39 Å². The van der Waals surface area contributed by atoms with E-state index in [0.717, 1.165) is 5.69 Å². The number of nitrogens with zero attached hydrogens (tertiary/aromatic N) is 2. The molecule has 0 aliphatic heterocycles. The molecule has 0 saturated heterocycles. The van der Waals surface area contributed by atoms with E-state index in [1.54, 1.807) is 12.1 Å². The lowest BCUT2D eigenvalue weighted by Crippen LogP contribution is -2.14. The predicted molar refractivity (Wildman–Crippen MR) is 69.6 cm³/mol. The molecule has 0 aliphatic carbocycles. The van der Waals surface area contributed by atoms with E-state index >= 15 is 0 Å². The van der Waals surface area contributed by atoms with Gasteiger partial charge in [-0.3, -0.25) is 4.68 Å². The number of hydrogen-bond acceptors (Lipinski definition) is 2. The van der Waals surface area contributed by atoms with Crippen LogP contribution >= 0.6 is 0 Å². The smallest absolute Gasteiger partial charge is 0.127 e. The average molecular weight is 247 g/mol. The molecular weight excluding hydrogens is 229 g/mol. The van der Waals surface area contributed by atoms with Crippen molar-refractivity contribution in [2.75, 3.05) is 0 Å². The first kappa shape index (κ1) is 12.8. The number of rotatable bonds is 5. The molecule has 0 bridgehead atoms. The molecular formula is C14H18FN3. The maximum absolute atomic E-state index is 13.4. The molecule has 0 spiro atoms. The van der Waals surface area contributed by atoms with Crippen molar-refractivity contribution in [1.82, 2.24) is 15.1 Å². The lowest BCUT2D eigenvalue weighted by Gasteiger charge is -2.05. The van der Waals surface area contributed by atoms with Gasteiger partial charge in [-0.1, -0.05) is 18.2 Å². The molecule has 1 aromatic heterocycles. The Morgan fingerprint density at radius 2 is 2.00 bits per heavy atom. The molecule has 0 amide bonds. The second-order valence-corrected chi connectivity index (χ2v) is 4.58. The summed E-state index contributed by atoms with van der Waals surface area (Å²) in [5, 5.41) is 7.62.